The maximum Gasteiger partial charge on any atom is 0.231 e. The summed E-state index contributed by atoms with van der Waals surface area (Å²) in [6.45, 7) is 1.71. The van der Waals surface area contributed by atoms with Crippen LogP contribution in [0.25, 0.3) is 5.65 Å². The average Bonchev–Trinajstić information content (AvgIpc) is 3.15. The van der Waals surface area contributed by atoms with E-state index >= 15 is 0 Å². The van der Waals surface area contributed by atoms with E-state index in [2.05, 4.69) is 15.3 Å². The Labute approximate surface area is 156 Å². The van der Waals surface area contributed by atoms with Gasteiger partial charge in [-0.05, 0) is 11.6 Å². The SMILES string of the molecule is COc1ccc2nnc(CCC(=O)N3CCO[C@H](c4ccccc4)C3)n2n1. The Morgan fingerprint density at radius 2 is 2.07 bits per heavy atom. The van der Waals surface area contributed by atoms with Crippen LogP contribution in [0.3, 0.4) is 0 Å². The molecule has 3 heterocycles. The zero-order valence-corrected chi connectivity index (χ0v) is 15.1. The van der Waals surface area contributed by atoms with Gasteiger partial charge in [0, 0.05) is 25.5 Å². The molecule has 0 saturated carbocycles. The number of methoxy groups -OCH3 is 1. The van der Waals surface area contributed by atoms with Gasteiger partial charge in [0.1, 0.15) is 6.10 Å². The molecule has 8 heteroatoms. The highest BCUT2D eigenvalue weighted by Crippen LogP contribution is 2.22. The first-order valence-corrected chi connectivity index (χ1v) is 8.94. The molecule has 1 atom stereocenters. The van der Waals surface area contributed by atoms with Crippen LogP contribution >= 0.6 is 0 Å². The molecule has 1 aromatic carbocycles. The first kappa shape index (κ1) is 17.4. The van der Waals surface area contributed by atoms with Crippen LogP contribution in [0.5, 0.6) is 5.88 Å². The Morgan fingerprint density at radius 1 is 1.22 bits per heavy atom. The van der Waals surface area contributed by atoms with E-state index in [0.29, 0.717) is 49.9 Å². The van der Waals surface area contributed by atoms with E-state index in [9.17, 15) is 4.79 Å². The second-order valence-electron chi connectivity index (χ2n) is 6.37. The summed E-state index contributed by atoms with van der Waals surface area (Å²) >= 11 is 0. The lowest BCUT2D eigenvalue weighted by Gasteiger charge is -2.33. The average molecular weight is 367 g/mol. The van der Waals surface area contributed by atoms with Gasteiger partial charge in [0.25, 0.3) is 0 Å². The Morgan fingerprint density at radius 3 is 2.89 bits per heavy atom. The Balaban J connectivity index is 1.40. The van der Waals surface area contributed by atoms with Crippen molar-refractivity contribution in [3.63, 3.8) is 0 Å². The molecule has 8 nitrogen and oxygen atoms in total. The van der Waals surface area contributed by atoms with Crippen molar-refractivity contribution in [3.05, 3.63) is 53.9 Å². The summed E-state index contributed by atoms with van der Waals surface area (Å²) < 4.78 is 12.6. The molecule has 2 aromatic heterocycles. The third-order valence-corrected chi connectivity index (χ3v) is 4.67. The third-order valence-electron chi connectivity index (χ3n) is 4.67. The Hall–Kier alpha value is -3.00. The van der Waals surface area contributed by atoms with Crippen LogP contribution in [-0.4, -0.2) is 57.4 Å². The molecular weight excluding hydrogens is 346 g/mol. The second-order valence-corrected chi connectivity index (χ2v) is 6.37. The standard InChI is InChI=1S/C19H21N5O3/c1-26-18-9-7-16-20-21-17(24(16)22-18)8-10-19(25)23-11-12-27-15(13-23)14-5-3-2-4-6-14/h2-7,9,15H,8,10-13H2,1H3/t15-/m0/s1. The van der Waals surface area contributed by atoms with Crippen molar-refractivity contribution in [1.82, 2.24) is 24.7 Å². The predicted octanol–water partition coefficient (Wildman–Crippen LogP) is 1.67. The lowest BCUT2D eigenvalue weighted by Crippen LogP contribution is -2.42. The topological polar surface area (TPSA) is 81.9 Å². The molecule has 0 radical (unpaired) electrons. The highest BCUT2D eigenvalue weighted by atomic mass is 16.5. The number of hydrogen-bond acceptors (Lipinski definition) is 6. The summed E-state index contributed by atoms with van der Waals surface area (Å²) in [7, 11) is 1.56. The molecule has 0 bridgehead atoms. The minimum Gasteiger partial charge on any atom is -0.480 e. The fourth-order valence-corrected chi connectivity index (χ4v) is 3.20. The first-order valence-electron chi connectivity index (χ1n) is 8.94. The van der Waals surface area contributed by atoms with Gasteiger partial charge in [0.15, 0.2) is 11.5 Å². The van der Waals surface area contributed by atoms with Crippen LogP contribution in [0.2, 0.25) is 0 Å². The van der Waals surface area contributed by atoms with Crippen LogP contribution in [0.1, 0.15) is 23.9 Å². The van der Waals surface area contributed by atoms with Gasteiger partial charge < -0.3 is 14.4 Å². The number of hydrogen-bond donors (Lipinski definition) is 0. The molecule has 3 aromatic rings. The van der Waals surface area contributed by atoms with E-state index in [4.69, 9.17) is 9.47 Å². The van der Waals surface area contributed by atoms with Crippen LogP contribution in [-0.2, 0) is 16.0 Å². The van der Waals surface area contributed by atoms with Crippen molar-refractivity contribution in [2.75, 3.05) is 26.8 Å². The smallest absolute Gasteiger partial charge is 0.231 e. The van der Waals surface area contributed by atoms with E-state index in [1.165, 1.54) is 0 Å². The summed E-state index contributed by atoms with van der Waals surface area (Å²) in [4.78, 5) is 14.6. The number of aromatic nitrogens is 4. The molecule has 0 N–H and O–H groups in total. The van der Waals surface area contributed by atoms with E-state index in [-0.39, 0.29) is 12.0 Å². The number of benzene rings is 1. The van der Waals surface area contributed by atoms with Gasteiger partial charge >= 0.3 is 0 Å². The number of morpholine rings is 1. The summed E-state index contributed by atoms with van der Waals surface area (Å²) in [6, 6.07) is 13.5. The van der Waals surface area contributed by atoms with E-state index < -0.39 is 0 Å². The number of carbonyl (C=O) groups excluding carboxylic acids is 1. The lowest BCUT2D eigenvalue weighted by atomic mass is 10.1. The number of aryl methyl sites for hydroxylation is 1. The van der Waals surface area contributed by atoms with Crippen LogP contribution < -0.4 is 4.74 Å². The summed E-state index contributed by atoms with van der Waals surface area (Å²) in [5.74, 6) is 1.21. The molecule has 0 unspecified atom stereocenters. The maximum absolute atomic E-state index is 12.7. The molecule has 4 rings (SSSR count). The predicted molar refractivity (Wildman–Crippen MR) is 97.4 cm³/mol. The molecule has 0 aliphatic carbocycles. The number of amides is 1. The number of ether oxygens (including phenoxy) is 2. The highest BCUT2D eigenvalue weighted by molar-refractivity contribution is 5.76. The summed E-state index contributed by atoms with van der Waals surface area (Å²) in [5.41, 5.74) is 1.73. The largest absolute Gasteiger partial charge is 0.480 e. The fraction of sp³-hybridized carbons (Fsp3) is 0.368. The Kier molecular flexibility index (Phi) is 4.97. The molecular formula is C19H21N5O3. The fourth-order valence-electron chi connectivity index (χ4n) is 3.20. The van der Waals surface area contributed by atoms with Crippen molar-refractivity contribution in [1.29, 1.82) is 0 Å². The Bertz CT molecular complexity index is 927. The zero-order valence-electron chi connectivity index (χ0n) is 15.1. The van der Waals surface area contributed by atoms with Gasteiger partial charge in [-0.15, -0.1) is 15.3 Å². The minimum absolute atomic E-state index is 0.0799. The number of rotatable bonds is 5. The van der Waals surface area contributed by atoms with Crippen molar-refractivity contribution >= 4 is 11.6 Å². The molecule has 140 valence electrons. The first-order chi connectivity index (χ1) is 13.2. The second kappa shape index (κ2) is 7.71. The molecule has 1 amide bonds. The van der Waals surface area contributed by atoms with Crippen LogP contribution in [0, 0.1) is 0 Å². The minimum atomic E-state index is -0.0799. The zero-order chi connectivity index (χ0) is 18.6. The molecule has 0 spiro atoms. The normalized spacial score (nSPS) is 17.2. The van der Waals surface area contributed by atoms with E-state index in [0.717, 1.165) is 5.56 Å². The number of nitrogens with zero attached hydrogens (tertiary/aromatic N) is 5. The molecule has 1 fully saturated rings. The molecule has 1 saturated heterocycles. The van der Waals surface area contributed by atoms with Crippen LogP contribution in [0.4, 0.5) is 0 Å². The van der Waals surface area contributed by atoms with Gasteiger partial charge in [0.05, 0.1) is 20.3 Å². The lowest BCUT2D eigenvalue weighted by molar-refractivity contribution is -0.139. The quantitative estimate of drug-likeness (QED) is 0.682. The highest BCUT2D eigenvalue weighted by Gasteiger charge is 2.25. The molecule has 1 aliphatic heterocycles. The van der Waals surface area contributed by atoms with E-state index in [1.54, 1.807) is 23.8 Å². The van der Waals surface area contributed by atoms with Gasteiger partial charge in [-0.25, -0.2) is 0 Å². The third kappa shape index (κ3) is 3.75. The van der Waals surface area contributed by atoms with Crippen LogP contribution in [0.15, 0.2) is 42.5 Å². The van der Waals surface area contributed by atoms with Crippen molar-refractivity contribution in [2.45, 2.75) is 18.9 Å². The number of carbonyl (C=O) groups is 1. The molecule has 1 aliphatic rings. The van der Waals surface area contributed by atoms with E-state index in [1.807, 2.05) is 35.2 Å². The maximum atomic E-state index is 12.7. The number of fused-ring (bicyclic) bond motifs is 1. The molecule has 27 heavy (non-hydrogen) atoms. The van der Waals surface area contributed by atoms with Crippen molar-refractivity contribution in [3.8, 4) is 5.88 Å². The van der Waals surface area contributed by atoms with Gasteiger partial charge in [-0.2, -0.15) is 4.52 Å². The van der Waals surface area contributed by atoms with Gasteiger partial charge in [0.2, 0.25) is 11.8 Å². The van der Waals surface area contributed by atoms with Crippen molar-refractivity contribution in [2.24, 2.45) is 0 Å². The van der Waals surface area contributed by atoms with Crippen molar-refractivity contribution < 1.29 is 14.3 Å². The van der Waals surface area contributed by atoms with Gasteiger partial charge in [-0.1, -0.05) is 30.3 Å². The summed E-state index contributed by atoms with van der Waals surface area (Å²) in [5, 5.41) is 12.6. The summed E-state index contributed by atoms with van der Waals surface area (Å²) in [6.07, 6.45) is 0.734. The van der Waals surface area contributed by atoms with Gasteiger partial charge in [-0.3, -0.25) is 4.79 Å². The monoisotopic (exact) mass is 367 g/mol.